The Morgan fingerprint density at radius 1 is 1.05 bits per heavy atom. The number of nitrogens with one attached hydrogen (secondary N) is 1. The first-order chi connectivity index (χ1) is 9.72. The van der Waals surface area contributed by atoms with Gasteiger partial charge in [0.2, 0.25) is 5.91 Å². The van der Waals surface area contributed by atoms with Crippen LogP contribution >= 0.6 is 0 Å². The summed E-state index contributed by atoms with van der Waals surface area (Å²) in [6.45, 7) is 2.99. The summed E-state index contributed by atoms with van der Waals surface area (Å²) < 4.78 is 0. The second-order valence-corrected chi connectivity index (χ2v) is 4.92. The van der Waals surface area contributed by atoms with Crippen molar-refractivity contribution in [3.63, 3.8) is 0 Å². The molecule has 1 aromatic carbocycles. The molecule has 2 rings (SSSR count). The molecular formula is C15H21N3O2. The van der Waals surface area contributed by atoms with Crippen LogP contribution in [0.2, 0.25) is 0 Å². The van der Waals surface area contributed by atoms with Gasteiger partial charge in [0.15, 0.2) is 0 Å². The third-order valence-electron chi connectivity index (χ3n) is 3.48. The van der Waals surface area contributed by atoms with Gasteiger partial charge in [0.25, 0.3) is 5.91 Å². The standard InChI is InChI=1S/C15H21N3O2/c1-16-12-14(19)17-8-5-9-18(11-10-17)15(20)13-6-3-2-4-7-13/h2-4,6-7,16H,5,8-12H2,1H3. The molecule has 1 heterocycles. The lowest BCUT2D eigenvalue weighted by Crippen LogP contribution is -2.40. The van der Waals surface area contributed by atoms with Gasteiger partial charge in [-0.25, -0.2) is 0 Å². The average molecular weight is 275 g/mol. The zero-order valence-corrected chi connectivity index (χ0v) is 11.8. The molecule has 1 aliphatic rings. The fourth-order valence-corrected chi connectivity index (χ4v) is 2.40. The molecule has 0 spiro atoms. The zero-order chi connectivity index (χ0) is 14.4. The van der Waals surface area contributed by atoms with E-state index in [9.17, 15) is 9.59 Å². The number of benzene rings is 1. The van der Waals surface area contributed by atoms with E-state index in [1.165, 1.54) is 0 Å². The summed E-state index contributed by atoms with van der Waals surface area (Å²) in [5, 5.41) is 2.87. The third-order valence-corrected chi connectivity index (χ3v) is 3.48. The highest BCUT2D eigenvalue weighted by Crippen LogP contribution is 2.09. The first-order valence-corrected chi connectivity index (χ1v) is 6.99. The van der Waals surface area contributed by atoms with Crippen LogP contribution in [0.5, 0.6) is 0 Å². The van der Waals surface area contributed by atoms with Crippen molar-refractivity contribution >= 4 is 11.8 Å². The molecule has 0 bridgehead atoms. The van der Waals surface area contributed by atoms with E-state index < -0.39 is 0 Å². The van der Waals surface area contributed by atoms with Gasteiger partial charge in [0.05, 0.1) is 6.54 Å². The Hall–Kier alpha value is -1.88. The van der Waals surface area contributed by atoms with Gasteiger partial charge in [-0.1, -0.05) is 18.2 Å². The van der Waals surface area contributed by atoms with Crippen molar-refractivity contribution in [2.45, 2.75) is 6.42 Å². The molecule has 1 aromatic rings. The molecule has 108 valence electrons. The SMILES string of the molecule is CNCC(=O)N1CCCN(C(=O)c2ccccc2)CC1. The van der Waals surface area contributed by atoms with Gasteiger partial charge < -0.3 is 15.1 Å². The van der Waals surface area contributed by atoms with Gasteiger partial charge in [0, 0.05) is 31.7 Å². The summed E-state index contributed by atoms with van der Waals surface area (Å²) in [5.41, 5.74) is 0.711. The van der Waals surface area contributed by atoms with Gasteiger partial charge in [0.1, 0.15) is 0 Å². The van der Waals surface area contributed by atoms with Gasteiger partial charge in [-0.15, -0.1) is 0 Å². The van der Waals surface area contributed by atoms with E-state index in [1.807, 2.05) is 40.1 Å². The van der Waals surface area contributed by atoms with Crippen LogP contribution in [0, 0.1) is 0 Å². The predicted octanol–water partition coefficient (Wildman–Crippen LogP) is 0.581. The molecule has 0 aromatic heterocycles. The molecule has 5 nitrogen and oxygen atoms in total. The third kappa shape index (κ3) is 3.57. The molecule has 0 aliphatic carbocycles. The summed E-state index contributed by atoms with van der Waals surface area (Å²) in [7, 11) is 1.76. The average Bonchev–Trinajstić information content (AvgIpc) is 2.73. The first kappa shape index (κ1) is 14.5. The van der Waals surface area contributed by atoms with Crippen LogP contribution in [0.3, 0.4) is 0 Å². The van der Waals surface area contributed by atoms with Crippen LogP contribution in [0.1, 0.15) is 16.8 Å². The highest BCUT2D eigenvalue weighted by Gasteiger charge is 2.22. The number of nitrogens with zero attached hydrogens (tertiary/aromatic N) is 2. The smallest absolute Gasteiger partial charge is 0.253 e. The van der Waals surface area contributed by atoms with E-state index >= 15 is 0 Å². The Bertz CT molecular complexity index is 461. The van der Waals surface area contributed by atoms with Crippen molar-refractivity contribution in [3.05, 3.63) is 35.9 Å². The van der Waals surface area contributed by atoms with Crippen molar-refractivity contribution in [1.82, 2.24) is 15.1 Å². The van der Waals surface area contributed by atoms with Crippen LogP contribution in [0.25, 0.3) is 0 Å². The molecule has 1 aliphatic heterocycles. The minimum absolute atomic E-state index is 0.0496. The second-order valence-electron chi connectivity index (χ2n) is 4.92. The van der Waals surface area contributed by atoms with E-state index in [0.29, 0.717) is 31.7 Å². The highest BCUT2D eigenvalue weighted by molar-refractivity contribution is 5.94. The molecule has 1 fully saturated rings. The lowest BCUT2D eigenvalue weighted by molar-refractivity contribution is -0.130. The number of hydrogen-bond donors (Lipinski definition) is 1. The topological polar surface area (TPSA) is 52.7 Å². The van der Waals surface area contributed by atoms with Gasteiger partial charge in [-0.05, 0) is 25.6 Å². The van der Waals surface area contributed by atoms with Crippen LogP contribution in [-0.4, -0.2) is 61.4 Å². The van der Waals surface area contributed by atoms with E-state index in [0.717, 1.165) is 13.0 Å². The zero-order valence-electron chi connectivity index (χ0n) is 11.8. The number of likely N-dealkylation sites (N-methyl/N-ethyl adjacent to an activating group) is 1. The van der Waals surface area contributed by atoms with Crippen molar-refractivity contribution in [1.29, 1.82) is 0 Å². The maximum absolute atomic E-state index is 12.4. The maximum Gasteiger partial charge on any atom is 0.253 e. The molecule has 2 amide bonds. The molecular weight excluding hydrogens is 254 g/mol. The highest BCUT2D eigenvalue weighted by atomic mass is 16.2. The molecule has 0 unspecified atom stereocenters. The van der Waals surface area contributed by atoms with Crippen LogP contribution in [-0.2, 0) is 4.79 Å². The van der Waals surface area contributed by atoms with E-state index in [4.69, 9.17) is 0 Å². The Kier molecular flexibility index (Phi) is 5.12. The summed E-state index contributed by atoms with van der Waals surface area (Å²) >= 11 is 0. The molecule has 0 atom stereocenters. The number of amides is 2. The minimum atomic E-state index is 0.0496. The molecule has 5 heteroatoms. The molecule has 20 heavy (non-hydrogen) atoms. The van der Waals surface area contributed by atoms with E-state index in [1.54, 1.807) is 7.05 Å². The summed E-state index contributed by atoms with van der Waals surface area (Å²) in [6.07, 6.45) is 0.827. The van der Waals surface area contributed by atoms with E-state index in [-0.39, 0.29) is 11.8 Å². The van der Waals surface area contributed by atoms with Gasteiger partial charge >= 0.3 is 0 Å². The van der Waals surface area contributed by atoms with Crippen molar-refractivity contribution in [2.24, 2.45) is 0 Å². The summed E-state index contributed by atoms with van der Waals surface area (Å²) in [5.74, 6) is 0.148. The maximum atomic E-state index is 12.4. The largest absolute Gasteiger partial charge is 0.340 e. The van der Waals surface area contributed by atoms with Gasteiger partial charge in [-0.3, -0.25) is 9.59 Å². The lowest BCUT2D eigenvalue weighted by Gasteiger charge is -2.22. The van der Waals surface area contributed by atoms with Crippen molar-refractivity contribution in [2.75, 3.05) is 39.8 Å². The normalized spacial score (nSPS) is 15.8. The number of carbonyl (C=O) groups is 2. The number of rotatable bonds is 3. The predicted molar refractivity (Wildman–Crippen MR) is 77.5 cm³/mol. The first-order valence-electron chi connectivity index (χ1n) is 6.99. The second kappa shape index (κ2) is 7.05. The summed E-state index contributed by atoms with van der Waals surface area (Å²) in [6, 6.07) is 9.30. The van der Waals surface area contributed by atoms with Crippen LogP contribution in [0.4, 0.5) is 0 Å². The van der Waals surface area contributed by atoms with Crippen molar-refractivity contribution < 1.29 is 9.59 Å². The fraction of sp³-hybridized carbons (Fsp3) is 0.467. The van der Waals surface area contributed by atoms with Crippen molar-refractivity contribution in [3.8, 4) is 0 Å². The quantitative estimate of drug-likeness (QED) is 0.878. The molecule has 1 N–H and O–H groups in total. The Morgan fingerprint density at radius 3 is 2.40 bits per heavy atom. The monoisotopic (exact) mass is 275 g/mol. The number of carbonyl (C=O) groups excluding carboxylic acids is 2. The lowest BCUT2D eigenvalue weighted by atomic mass is 10.2. The minimum Gasteiger partial charge on any atom is -0.340 e. The Balaban J connectivity index is 1.96. The molecule has 0 saturated carbocycles. The van der Waals surface area contributed by atoms with Gasteiger partial charge in [-0.2, -0.15) is 0 Å². The molecule has 0 radical (unpaired) electrons. The fourth-order valence-electron chi connectivity index (χ4n) is 2.40. The van der Waals surface area contributed by atoms with Crippen LogP contribution < -0.4 is 5.32 Å². The van der Waals surface area contributed by atoms with Crippen LogP contribution in [0.15, 0.2) is 30.3 Å². The van der Waals surface area contributed by atoms with E-state index in [2.05, 4.69) is 5.32 Å². The summed E-state index contributed by atoms with van der Waals surface area (Å²) in [4.78, 5) is 27.9. The Labute approximate surface area is 119 Å². The number of hydrogen-bond acceptors (Lipinski definition) is 3. The Morgan fingerprint density at radius 2 is 1.70 bits per heavy atom. The molecule has 1 saturated heterocycles.